The molecule has 0 bridgehead atoms. The predicted molar refractivity (Wildman–Crippen MR) is 85.6 cm³/mol. The molecule has 134 valence electrons. The van der Waals surface area contributed by atoms with Gasteiger partial charge >= 0.3 is 17.9 Å². The Balaban J connectivity index is 5.65. The molecule has 0 atom stereocenters. The molecule has 0 saturated heterocycles. The van der Waals surface area contributed by atoms with Gasteiger partial charge in [-0.1, -0.05) is 13.8 Å². The maximum absolute atomic E-state index is 12.5. The van der Waals surface area contributed by atoms with Gasteiger partial charge in [-0.25, -0.2) is 0 Å². The molecule has 0 fully saturated rings. The van der Waals surface area contributed by atoms with E-state index in [4.69, 9.17) is 14.2 Å². The molecule has 0 aromatic carbocycles. The Morgan fingerprint density at radius 2 is 1.35 bits per heavy atom. The van der Waals surface area contributed by atoms with Gasteiger partial charge in [0.25, 0.3) is 0 Å². The number of rotatable bonds is 8. The number of hydrogen-bond acceptors (Lipinski definition) is 6. The summed E-state index contributed by atoms with van der Waals surface area (Å²) in [5.41, 5.74) is -2.37. The Morgan fingerprint density at radius 1 is 0.913 bits per heavy atom. The lowest BCUT2D eigenvalue weighted by Crippen LogP contribution is -2.45. The number of esters is 3. The normalized spacial score (nSPS) is 12.0. The summed E-state index contributed by atoms with van der Waals surface area (Å²) in [5, 5.41) is 0. The van der Waals surface area contributed by atoms with Crippen molar-refractivity contribution in [2.24, 2.45) is 11.3 Å². The standard InChI is InChI=1S/C17H30O6/c1-8-21-14(19)17(10-12(3)4,15(20)22-9-2)11-13(18)23-16(5,6)7/h12H,8-11H2,1-7H3. The van der Waals surface area contributed by atoms with E-state index in [0.29, 0.717) is 0 Å². The maximum Gasteiger partial charge on any atom is 0.324 e. The first-order valence-electron chi connectivity index (χ1n) is 8.04. The topological polar surface area (TPSA) is 78.9 Å². The third-order valence-corrected chi connectivity index (χ3v) is 2.96. The van der Waals surface area contributed by atoms with Crippen LogP contribution in [-0.2, 0) is 28.6 Å². The molecular weight excluding hydrogens is 300 g/mol. The van der Waals surface area contributed by atoms with E-state index in [-0.39, 0.29) is 32.0 Å². The average molecular weight is 330 g/mol. The molecule has 0 aromatic heterocycles. The molecule has 0 heterocycles. The van der Waals surface area contributed by atoms with E-state index < -0.39 is 28.9 Å². The molecule has 0 aliphatic rings. The molecule has 0 aromatic rings. The van der Waals surface area contributed by atoms with Crippen molar-refractivity contribution in [1.82, 2.24) is 0 Å². The first-order valence-corrected chi connectivity index (χ1v) is 8.04. The van der Waals surface area contributed by atoms with Gasteiger partial charge < -0.3 is 14.2 Å². The van der Waals surface area contributed by atoms with Gasteiger partial charge in [-0.15, -0.1) is 0 Å². The van der Waals surface area contributed by atoms with E-state index in [0.717, 1.165) is 0 Å². The Hall–Kier alpha value is -1.59. The molecule has 0 spiro atoms. The minimum Gasteiger partial charge on any atom is -0.465 e. The predicted octanol–water partition coefficient (Wildman–Crippen LogP) is 2.88. The van der Waals surface area contributed by atoms with Crippen LogP contribution in [-0.4, -0.2) is 36.7 Å². The van der Waals surface area contributed by atoms with Gasteiger partial charge in [0.2, 0.25) is 0 Å². The highest BCUT2D eigenvalue weighted by Crippen LogP contribution is 2.35. The van der Waals surface area contributed by atoms with Crippen LogP contribution in [0.3, 0.4) is 0 Å². The summed E-state index contributed by atoms with van der Waals surface area (Å²) in [6.45, 7) is 12.4. The largest absolute Gasteiger partial charge is 0.465 e. The van der Waals surface area contributed by atoms with E-state index in [1.54, 1.807) is 34.6 Å². The van der Waals surface area contributed by atoms with Crippen LogP contribution < -0.4 is 0 Å². The Labute approximate surface area is 138 Å². The first-order chi connectivity index (χ1) is 10.5. The minimum atomic E-state index is -1.66. The van der Waals surface area contributed by atoms with E-state index >= 15 is 0 Å². The van der Waals surface area contributed by atoms with Crippen LogP contribution in [0.15, 0.2) is 0 Å². The van der Waals surface area contributed by atoms with Gasteiger partial charge in [0.05, 0.1) is 19.6 Å². The molecule has 0 saturated carbocycles. The molecule has 0 aliphatic carbocycles. The summed E-state index contributed by atoms with van der Waals surface area (Å²) in [6, 6.07) is 0. The molecule has 23 heavy (non-hydrogen) atoms. The van der Waals surface area contributed by atoms with Crippen LogP contribution in [0.25, 0.3) is 0 Å². The van der Waals surface area contributed by atoms with Crippen molar-refractivity contribution < 1.29 is 28.6 Å². The van der Waals surface area contributed by atoms with Crippen LogP contribution >= 0.6 is 0 Å². The smallest absolute Gasteiger partial charge is 0.324 e. The molecule has 0 rings (SSSR count). The van der Waals surface area contributed by atoms with Crippen LogP contribution in [0.2, 0.25) is 0 Å². The second-order valence-corrected chi connectivity index (χ2v) is 6.88. The lowest BCUT2D eigenvalue weighted by Gasteiger charge is -2.31. The zero-order chi connectivity index (χ0) is 18.3. The molecule has 6 heteroatoms. The van der Waals surface area contributed by atoms with Gasteiger partial charge in [-0.2, -0.15) is 0 Å². The van der Waals surface area contributed by atoms with Crippen molar-refractivity contribution >= 4 is 17.9 Å². The van der Waals surface area contributed by atoms with Crippen molar-refractivity contribution in [3.8, 4) is 0 Å². The molecule has 0 unspecified atom stereocenters. The van der Waals surface area contributed by atoms with Crippen molar-refractivity contribution in [2.75, 3.05) is 13.2 Å². The summed E-state index contributed by atoms with van der Waals surface area (Å²) in [4.78, 5) is 37.2. The molecule has 6 nitrogen and oxygen atoms in total. The molecular formula is C17H30O6. The SMILES string of the molecule is CCOC(=O)C(CC(=O)OC(C)(C)C)(CC(C)C)C(=O)OCC. The summed E-state index contributed by atoms with van der Waals surface area (Å²) < 4.78 is 15.4. The number of carbonyl (C=O) groups excluding carboxylic acids is 3. The lowest BCUT2D eigenvalue weighted by molar-refractivity contribution is -0.181. The summed E-state index contributed by atoms with van der Waals surface area (Å²) >= 11 is 0. The van der Waals surface area contributed by atoms with Crippen molar-refractivity contribution in [3.05, 3.63) is 0 Å². The van der Waals surface area contributed by atoms with E-state index in [1.165, 1.54) is 0 Å². The Morgan fingerprint density at radius 3 is 1.65 bits per heavy atom. The highest BCUT2D eigenvalue weighted by molar-refractivity contribution is 6.03. The first kappa shape index (κ1) is 21.4. The highest BCUT2D eigenvalue weighted by atomic mass is 16.6. The lowest BCUT2D eigenvalue weighted by atomic mass is 9.77. The average Bonchev–Trinajstić information content (AvgIpc) is 2.35. The summed E-state index contributed by atoms with van der Waals surface area (Å²) in [7, 11) is 0. The quantitative estimate of drug-likeness (QED) is 0.387. The molecule has 0 radical (unpaired) electrons. The van der Waals surface area contributed by atoms with Crippen LogP contribution in [0.4, 0.5) is 0 Å². The zero-order valence-electron chi connectivity index (χ0n) is 15.4. The van der Waals surface area contributed by atoms with Crippen LogP contribution in [0.1, 0.15) is 61.3 Å². The third kappa shape index (κ3) is 7.01. The summed E-state index contributed by atoms with van der Waals surface area (Å²) in [6.07, 6.45) is -0.232. The van der Waals surface area contributed by atoms with Gasteiger partial charge in [-0.05, 0) is 47.0 Å². The number of carbonyl (C=O) groups is 3. The van der Waals surface area contributed by atoms with Crippen LogP contribution in [0, 0.1) is 11.3 Å². The van der Waals surface area contributed by atoms with Gasteiger partial charge in [0.1, 0.15) is 5.60 Å². The van der Waals surface area contributed by atoms with Gasteiger partial charge in [-0.3, -0.25) is 14.4 Å². The fraction of sp³-hybridized carbons (Fsp3) is 0.824. The van der Waals surface area contributed by atoms with E-state index in [1.807, 2.05) is 13.8 Å². The van der Waals surface area contributed by atoms with Gasteiger partial charge in [0.15, 0.2) is 5.41 Å². The summed E-state index contributed by atoms with van der Waals surface area (Å²) in [5.74, 6) is -2.11. The second-order valence-electron chi connectivity index (χ2n) is 6.88. The molecule has 0 aliphatic heterocycles. The van der Waals surface area contributed by atoms with Crippen molar-refractivity contribution in [1.29, 1.82) is 0 Å². The highest BCUT2D eigenvalue weighted by Gasteiger charge is 2.51. The fourth-order valence-corrected chi connectivity index (χ4v) is 2.33. The second kappa shape index (κ2) is 8.89. The van der Waals surface area contributed by atoms with Gasteiger partial charge in [0, 0.05) is 0 Å². The minimum absolute atomic E-state index is 0.00810. The Bertz CT molecular complexity index is 401. The third-order valence-electron chi connectivity index (χ3n) is 2.96. The van der Waals surface area contributed by atoms with E-state index in [2.05, 4.69) is 0 Å². The molecule has 0 amide bonds. The van der Waals surface area contributed by atoms with E-state index in [9.17, 15) is 14.4 Å². The molecule has 0 N–H and O–H groups in total. The number of hydrogen-bond donors (Lipinski definition) is 0. The van der Waals surface area contributed by atoms with Crippen molar-refractivity contribution in [3.63, 3.8) is 0 Å². The number of ether oxygens (including phenoxy) is 3. The maximum atomic E-state index is 12.5. The monoisotopic (exact) mass is 330 g/mol. The van der Waals surface area contributed by atoms with Crippen molar-refractivity contribution in [2.45, 2.75) is 66.9 Å². The zero-order valence-corrected chi connectivity index (χ0v) is 15.4. The Kier molecular flexibility index (Phi) is 8.28. The van der Waals surface area contributed by atoms with Crippen LogP contribution in [0.5, 0.6) is 0 Å². The fourth-order valence-electron chi connectivity index (χ4n) is 2.33.